The van der Waals surface area contributed by atoms with Crippen molar-refractivity contribution in [2.75, 3.05) is 26.5 Å². The van der Waals surface area contributed by atoms with Gasteiger partial charge >= 0.3 is 6.09 Å². The number of carbonyl (C=O) groups is 1. The van der Waals surface area contributed by atoms with Crippen LogP contribution in [0.5, 0.6) is 0 Å². The zero-order chi connectivity index (χ0) is 19.0. The normalized spacial score (nSPS) is 17.2. The fraction of sp³-hybridized carbons (Fsp3) is 0.467. The second kappa shape index (κ2) is 10.7. The number of thioether (sulfide) groups is 1. The number of carbonyl (C=O) groups excluding carboxylic acids is 1. The highest BCUT2D eigenvalue weighted by molar-refractivity contribution is 8.15. The summed E-state index contributed by atoms with van der Waals surface area (Å²) >= 11 is 8.19. The zero-order valence-corrected chi connectivity index (χ0v) is 18.2. The Morgan fingerprint density at radius 3 is 2.62 bits per heavy atom. The average molecular weight is 436 g/mol. The lowest BCUT2D eigenvalue weighted by molar-refractivity contribution is 0.136. The van der Waals surface area contributed by atoms with E-state index in [9.17, 15) is 4.79 Å². The van der Waals surface area contributed by atoms with E-state index >= 15 is 0 Å². The lowest BCUT2D eigenvalue weighted by Crippen LogP contribution is -2.28. The van der Waals surface area contributed by atoms with Gasteiger partial charge in [-0.05, 0) is 37.0 Å². The minimum Gasteiger partial charge on any atom is -0.317 e. The van der Waals surface area contributed by atoms with E-state index in [4.69, 9.17) is 25.7 Å². The second-order valence-electron chi connectivity index (χ2n) is 5.24. The molecule has 1 fully saturated rings. The number of rotatable bonds is 6. The highest BCUT2D eigenvalue weighted by atomic mass is 32.5. The molecule has 11 heteroatoms. The van der Waals surface area contributed by atoms with E-state index in [1.54, 1.807) is 14.0 Å². The highest BCUT2D eigenvalue weighted by Gasteiger charge is 2.34. The third-order valence-corrected chi connectivity index (χ3v) is 8.73. The number of benzene rings is 1. The van der Waals surface area contributed by atoms with E-state index in [1.807, 2.05) is 40.7 Å². The molecule has 0 N–H and O–H groups in total. The summed E-state index contributed by atoms with van der Waals surface area (Å²) in [5.41, 5.74) is 1.04. The van der Waals surface area contributed by atoms with E-state index in [0.717, 1.165) is 24.1 Å². The van der Waals surface area contributed by atoms with Gasteiger partial charge in [-0.2, -0.15) is 4.08 Å². The minimum atomic E-state index is -2.69. The van der Waals surface area contributed by atoms with Crippen LogP contribution in [0.2, 0.25) is 0 Å². The zero-order valence-electron chi connectivity index (χ0n) is 14.9. The Morgan fingerprint density at radius 2 is 2.00 bits per heavy atom. The van der Waals surface area contributed by atoms with Crippen LogP contribution in [0.4, 0.5) is 4.79 Å². The van der Waals surface area contributed by atoms with E-state index in [2.05, 4.69) is 5.16 Å². The molecule has 0 aromatic heterocycles. The smallest absolute Gasteiger partial charge is 0.317 e. The number of hydrogen-bond donors (Lipinski definition) is 0. The Hall–Kier alpha value is -0.610. The van der Waals surface area contributed by atoms with E-state index in [0.29, 0.717) is 24.8 Å². The molecule has 26 heavy (non-hydrogen) atoms. The van der Waals surface area contributed by atoms with Crippen molar-refractivity contribution < 1.29 is 18.7 Å². The summed E-state index contributed by atoms with van der Waals surface area (Å²) in [5, 5.41) is 4.42. The van der Waals surface area contributed by atoms with Gasteiger partial charge in [-0.3, -0.25) is 4.84 Å². The molecule has 2 rings (SSSR count). The topological polar surface area (TPSA) is 63.6 Å². The van der Waals surface area contributed by atoms with Gasteiger partial charge in [0, 0.05) is 13.6 Å². The van der Waals surface area contributed by atoms with Gasteiger partial charge in [0.25, 0.3) is 6.64 Å². The van der Waals surface area contributed by atoms with Crippen LogP contribution in [0.15, 0.2) is 35.5 Å². The molecule has 7 nitrogen and oxygen atoms in total. The molecule has 144 valence electrons. The largest absolute Gasteiger partial charge is 0.446 e. The standard InChI is InChI=1S/C15H22N3O4PS3/c1-13(25-3)16-22-15(19)17(2)26-18(12-14-8-5-4-6-9-14)23(24)20-10-7-11-21-23/h4-6,8-9H,7,10-12H2,1-3H3. The minimum absolute atomic E-state index is 0.480. The number of oxime groups is 1. The van der Waals surface area contributed by atoms with Crippen molar-refractivity contribution in [3.05, 3.63) is 35.9 Å². The predicted molar refractivity (Wildman–Crippen MR) is 111 cm³/mol. The van der Waals surface area contributed by atoms with Crippen LogP contribution in [0.25, 0.3) is 0 Å². The summed E-state index contributed by atoms with van der Waals surface area (Å²) in [6.07, 6.45) is 2.07. The number of nitrogens with zero attached hydrogens (tertiary/aromatic N) is 3. The molecule has 0 radical (unpaired) electrons. The van der Waals surface area contributed by atoms with Crippen LogP contribution in [0.1, 0.15) is 18.9 Å². The molecular formula is C15H22N3O4PS3. The monoisotopic (exact) mass is 435 g/mol. The Kier molecular flexibility index (Phi) is 8.89. The van der Waals surface area contributed by atoms with Crippen LogP contribution in [0.3, 0.4) is 0 Å². The van der Waals surface area contributed by atoms with Crippen molar-refractivity contribution in [1.29, 1.82) is 0 Å². The van der Waals surface area contributed by atoms with Crippen LogP contribution >= 0.6 is 30.5 Å². The first-order valence-corrected chi connectivity index (χ1v) is 12.4. The first-order chi connectivity index (χ1) is 12.4. The molecule has 0 aliphatic carbocycles. The SMILES string of the molecule is CSC(C)=NOC(=O)N(C)SN(Cc1ccccc1)P1(=S)OCCCO1. The third-order valence-electron chi connectivity index (χ3n) is 3.25. The highest BCUT2D eigenvalue weighted by Crippen LogP contribution is 2.58. The third kappa shape index (κ3) is 6.53. The first kappa shape index (κ1) is 21.7. The maximum absolute atomic E-state index is 12.2. The quantitative estimate of drug-likeness (QED) is 0.162. The van der Waals surface area contributed by atoms with Gasteiger partial charge in [0.1, 0.15) is 5.04 Å². The molecular weight excluding hydrogens is 413 g/mol. The van der Waals surface area contributed by atoms with Crippen molar-refractivity contribution in [3.63, 3.8) is 0 Å². The van der Waals surface area contributed by atoms with Gasteiger partial charge in [0.05, 0.1) is 25.3 Å². The molecule has 1 aliphatic rings. The van der Waals surface area contributed by atoms with Crippen molar-refractivity contribution in [2.24, 2.45) is 5.16 Å². The van der Waals surface area contributed by atoms with E-state index in [1.165, 1.54) is 16.1 Å². The van der Waals surface area contributed by atoms with E-state index in [-0.39, 0.29) is 0 Å². The Balaban J connectivity index is 2.10. The van der Waals surface area contributed by atoms with Crippen molar-refractivity contribution in [2.45, 2.75) is 19.9 Å². The average Bonchev–Trinajstić information content (AvgIpc) is 2.66. The summed E-state index contributed by atoms with van der Waals surface area (Å²) in [6, 6.07) is 9.83. The van der Waals surface area contributed by atoms with Crippen molar-refractivity contribution in [3.8, 4) is 0 Å². The molecule has 0 unspecified atom stereocenters. The van der Waals surface area contributed by atoms with Crippen LogP contribution in [-0.4, -0.2) is 46.0 Å². The summed E-state index contributed by atoms with van der Waals surface area (Å²) < 4.78 is 14.7. The molecule has 0 bridgehead atoms. The maximum atomic E-state index is 12.2. The van der Waals surface area contributed by atoms with Crippen molar-refractivity contribution >= 4 is 53.5 Å². The summed E-state index contributed by atoms with van der Waals surface area (Å²) in [7, 11) is 1.60. The molecule has 1 heterocycles. The fourth-order valence-corrected chi connectivity index (χ4v) is 5.81. The molecule has 1 saturated heterocycles. The van der Waals surface area contributed by atoms with Gasteiger partial charge in [0.15, 0.2) is 0 Å². The van der Waals surface area contributed by atoms with E-state index < -0.39 is 12.7 Å². The molecule has 0 saturated carbocycles. The second-order valence-corrected chi connectivity index (χ2v) is 11.0. The first-order valence-electron chi connectivity index (χ1n) is 7.87. The van der Waals surface area contributed by atoms with Crippen LogP contribution < -0.4 is 0 Å². The molecule has 1 aromatic carbocycles. The Bertz CT molecular complexity index is 667. The maximum Gasteiger partial charge on any atom is 0.446 e. The van der Waals surface area contributed by atoms with Crippen LogP contribution in [-0.2, 0) is 32.2 Å². The van der Waals surface area contributed by atoms with Gasteiger partial charge in [-0.25, -0.2) is 9.10 Å². The fourth-order valence-electron chi connectivity index (χ4n) is 1.86. The molecule has 0 atom stereocenters. The predicted octanol–water partition coefficient (Wildman–Crippen LogP) is 4.48. The van der Waals surface area contributed by atoms with Crippen molar-refractivity contribution in [1.82, 2.24) is 8.38 Å². The van der Waals surface area contributed by atoms with Gasteiger partial charge < -0.3 is 9.05 Å². The molecule has 0 spiro atoms. The lowest BCUT2D eigenvalue weighted by atomic mass is 10.2. The Labute approximate surface area is 167 Å². The van der Waals surface area contributed by atoms with Gasteiger partial charge in [-0.15, -0.1) is 11.8 Å². The summed E-state index contributed by atoms with van der Waals surface area (Å²) in [5.74, 6) is 0. The van der Waals surface area contributed by atoms with Gasteiger partial charge in [0.2, 0.25) is 0 Å². The molecule has 1 aromatic rings. The van der Waals surface area contributed by atoms with Gasteiger partial charge in [-0.1, -0.05) is 35.5 Å². The number of amides is 1. The summed E-state index contributed by atoms with van der Waals surface area (Å²) in [6.45, 7) is 0.658. The molecule has 1 aliphatic heterocycles. The Morgan fingerprint density at radius 1 is 1.35 bits per heavy atom. The van der Waals surface area contributed by atoms with Crippen LogP contribution in [0, 0.1) is 0 Å². The summed E-state index contributed by atoms with van der Waals surface area (Å²) in [4.78, 5) is 17.1. The lowest BCUT2D eigenvalue weighted by Gasteiger charge is -2.36. The number of hydrogen-bond acceptors (Lipinski definition) is 8. The molecule has 1 amide bonds.